The van der Waals surface area contributed by atoms with Crippen molar-refractivity contribution in [1.29, 1.82) is 0 Å². The minimum absolute atomic E-state index is 0.800. The van der Waals surface area contributed by atoms with Gasteiger partial charge in [0.1, 0.15) is 0 Å². The van der Waals surface area contributed by atoms with E-state index in [4.69, 9.17) is 0 Å². The molecule has 11 heavy (non-hydrogen) atoms. The first-order chi connectivity index (χ1) is 5.20. The molecule has 2 rings (SSSR count). The van der Waals surface area contributed by atoms with Gasteiger partial charge in [-0.2, -0.15) is 0 Å². The Morgan fingerprint density at radius 2 is 1.45 bits per heavy atom. The average molecular weight is 217 g/mol. The summed E-state index contributed by atoms with van der Waals surface area (Å²) in [5.74, 6) is 3.92. The summed E-state index contributed by atoms with van der Waals surface area (Å²) in [5.41, 5.74) is 0. The molecule has 0 aliphatic heterocycles. The molecule has 1 heteroatoms. The molecule has 0 radical (unpaired) electrons. The third kappa shape index (κ3) is 1.16. The van der Waals surface area contributed by atoms with E-state index in [0.717, 1.165) is 28.5 Å². The molecule has 2 aliphatic rings. The molecular formula is C10H17Br. The van der Waals surface area contributed by atoms with Gasteiger partial charge in [-0.05, 0) is 42.9 Å². The van der Waals surface area contributed by atoms with Crippen LogP contribution in [0.4, 0.5) is 0 Å². The summed E-state index contributed by atoms with van der Waals surface area (Å²) in [5, 5.41) is 0. The van der Waals surface area contributed by atoms with Crippen LogP contribution in [0, 0.1) is 23.7 Å². The van der Waals surface area contributed by atoms with Crippen molar-refractivity contribution in [2.75, 3.05) is 0 Å². The minimum Gasteiger partial charge on any atom is -0.0885 e. The minimum atomic E-state index is 0.800. The fraction of sp³-hybridized carbons (Fsp3) is 1.00. The maximum Gasteiger partial charge on any atom is 0.0202 e. The van der Waals surface area contributed by atoms with E-state index in [2.05, 4.69) is 29.8 Å². The van der Waals surface area contributed by atoms with Gasteiger partial charge in [-0.25, -0.2) is 0 Å². The van der Waals surface area contributed by atoms with E-state index in [1.54, 1.807) is 0 Å². The van der Waals surface area contributed by atoms with E-state index in [-0.39, 0.29) is 0 Å². The molecule has 0 heterocycles. The van der Waals surface area contributed by atoms with Crippen LogP contribution < -0.4 is 0 Å². The summed E-state index contributed by atoms with van der Waals surface area (Å²) >= 11 is 3.84. The van der Waals surface area contributed by atoms with Gasteiger partial charge in [-0.15, -0.1) is 0 Å². The number of halogens is 1. The molecule has 0 amide bonds. The summed E-state index contributed by atoms with van der Waals surface area (Å²) in [6, 6.07) is 0. The van der Waals surface area contributed by atoms with Gasteiger partial charge in [0.2, 0.25) is 0 Å². The zero-order chi connectivity index (χ0) is 8.01. The van der Waals surface area contributed by atoms with Crippen molar-refractivity contribution in [2.45, 2.75) is 37.9 Å². The second-order valence-corrected chi connectivity index (χ2v) is 5.55. The van der Waals surface area contributed by atoms with Gasteiger partial charge < -0.3 is 0 Å². The normalized spacial score (nSPS) is 56.5. The quantitative estimate of drug-likeness (QED) is 0.545. The van der Waals surface area contributed by atoms with Crippen LogP contribution in [0.2, 0.25) is 0 Å². The predicted octanol–water partition coefficient (Wildman–Crippen LogP) is 3.45. The van der Waals surface area contributed by atoms with Crippen LogP contribution in [-0.4, -0.2) is 4.83 Å². The zero-order valence-corrected chi connectivity index (χ0v) is 8.97. The first-order valence-electron chi connectivity index (χ1n) is 4.84. The van der Waals surface area contributed by atoms with Crippen molar-refractivity contribution in [3.63, 3.8) is 0 Å². The Kier molecular flexibility index (Phi) is 2.03. The molecular weight excluding hydrogens is 200 g/mol. The second-order valence-electron chi connectivity index (χ2n) is 4.50. The average Bonchev–Trinajstić information content (AvgIpc) is 2.44. The standard InChI is InChI=1S/C10H17Br/c1-6-8-3-4-9(5-8)7(2)10(6)11/h6-10H,3-5H2,1-2H3/t6-,7+,8-,9-,10?/m0/s1. The van der Waals surface area contributed by atoms with Crippen molar-refractivity contribution < 1.29 is 0 Å². The van der Waals surface area contributed by atoms with Gasteiger partial charge in [0.25, 0.3) is 0 Å². The van der Waals surface area contributed by atoms with Crippen LogP contribution in [0.3, 0.4) is 0 Å². The highest BCUT2D eigenvalue weighted by Crippen LogP contribution is 2.50. The number of rotatable bonds is 0. The topological polar surface area (TPSA) is 0 Å². The zero-order valence-electron chi connectivity index (χ0n) is 7.39. The third-order valence-corrected chi connectivity index (χ3v) is 5.67. The highest BCUT2D eigenvalue weighted by molar-refractivity contribution is 9.09. The molecule has 2 bridgehead atoms. The first-order valence-corrected chi connectivity index (χ1v) is 5.75. The van der Waals surface area contributed by atoms with E-state index < -0.39 is 0 Å². The molecule has 0 spiro atoms. The van der Waals surface area contributed by atoms with E-state index >= 15 is 0 Å². The monoisotopic (exact) mass is 216 g/mol. The number of alkyl halides is 1. The summed E-state index contributed by atoms with van der Waals surface area (Å²) in [6.07, 6.45) is 4.51. The lowest BCUT2D eigenvalue weighted by Crippen LogP contribution is -2.32. The molecule has 1 unspecified atom stereocenters. The molecule has 0 nitrogen and oxygen atoms in total. The molecule has 0 N–H and O–H groups in total. The highest BCUT2D eigenvalue weighted by atomic mass is 79.9. The maximum absolute atomic E-state index is 3.84. The Hall–Kier alpha value is 0.480. The fourth-order valence-electron chi connectivity index (χ4n) is 3.01. The van der Waals surface area contributed by atoms with Gasteiger partial charge in [-0.3, -0.25) is 0 Å². The summed E-state index contributed by atoms with van der Waals surface area (Å²) < 4.78 is 0. The number of hydrogen-bond acceptors (Lipinski definition) is 0. The first kappa shape index (κ1) is 8.10. The van der Waals surface area contributed by atoms with E-state index in [1.165, 1.54) is 19.3 Å². The highest BCUT2D eigenvalue weighted by Gasteiger charge is 2.42. The molecule has 0 saturated heterocycles. The van der Waals surface area contributed by atoms with Crippen molar-refractivity contribution in [1.82, 2.24) is 0 Å². The summed E-state index contributed by atoms with van der Waals surface area (Å²) in [6.45, 7) is 4.84. The molecule has 2 fully saturated rings. The van der Waals surface area contributed by atoms with Crippen molar-refractivity contribution in [2.24, 2.45) is 23.7 Å². The molecule has 64 valence electrons. The Bertz CT molecular complexity index is 135. The van der Waals surface area contributed by atoms with Crippen LogP contribution in [0.1, 0.15) is 33.1 Å². The van der Waals surface area contributed by atoms with Crippen molar-refractivity contribution in [3.8, 4) is 0 Å². The summed E-state index contributed by atoms with van der Waals surface area (Å²) in [7, 11) is 0. The predicted molar refractivity (Wildman–Crippen MR) is 51.9 cm³/mol. The lowest BCUT2D eigenvalue weighted by atomic mass is 9.75. The number of hydrogen-bond donors (Lipinski definition) is 0. The van der Waals surface area contributed by atoms with E-state index in [9.17, 15) is 0 Å². The van der Waals surface area contributed by atoms with Gasteiger partial charge in [0.05, 0.1) is 0 Å². The molecule has 0 aromatic rings. The Morgan fingerprint density at radius 3 is 1.91 bits per heavy atom. The smallest absolute Gasteiger partial charge is 0.0202 e. The number of fused-ring (bicyclic) bond motifs is 2. The third-order valence-electron chi connectivity index (χ3n) is 4.01. The molecule has 0 aromatic heterocycles. The molecule has 5 atom stereocenters. The van der Waals surface area contributed by atoms with Crippen LogP contribution in [0.5, 0.6) is 0 Å². The maximum atomic E-state index is 3.84. The second kappa shape index (κ2) is 2.76. The summed E-state index contributed by atoms with van der Waals surface area (Å²) in [4.78, 5) is 0.800. The van der Waals surface area contributed by atoms with Gasteiger partial charge in [0, 0.05) is 4.83 Å². The van der Waals surface area contributed by atoms with Gasteiger partial charge in [-0.1, -0.05) is 29.8 Å². The van der Waals surface area contributed by atoms with Crippen LogP contribution in [0.25, 0.3) is 0 Å². The Balaban J connectivity index is 2.16. The van der Waals surface area contributed by atoms with E-state index in [0.29, 0.717) is 0 Å². The van der Waals surface area contributed by atoms with Crippen LogP contribution in [0.15, 0.2) is 0 Å². The lowest BCUT2D eigenvalue weighted by molar-refractivity contribution is 0.212. The van der Waals surface area contributed by atoms with Crippen molar-refractivity contribution in [3.05, 3.63) is 0 Å². The lowest BCUT2D eigenvalue weighted by Gasteiger charge is -2.36. The van der Waals surface area contributed by atoms with Gasteiger partial charge >= 0.3 is 0 Å². The Labute approximate surface area is 77.9 Å². The van der Waals surface area contributed by atoms with Gasteiger partial charge in [0.15, 0.2) is 0 Å². The van der Waals surface area contributed by atoms with Crippen molar-refractivity contribution >= 4 is 15.9 Å². The fourth-order valence-corrected chi connectivity index (χ4v) is 3.87. The van der Waals surface area contributed by atoms with Crippen LogP contribution in [-0.2, 0) is 0 Å². The Morgan fingerprint density at radius 1 is 1.00 bits per heavy atom. The van der Waals surface area contributed by atoms with Crippen LogP contribution >= 0.6 is 15.9 Å². The SMILES string of the molecule is C[C@@H]1C(Br)[C@H](C)[C@H]2CC[C@H]1C2. The van der Waals surface area contributed by atoms with E-state index in [1.807, 2.05) is 0 Å². The molecule has 0 aromatic carbocycles. The largest absolute Gasteiger partial charge is 0.0885 e. The molecule has 2 saturated carbocycles. The molecule has 2 aliphatic carbocycles.